The van der Waals surface area contributed by atoms with Crippen molar-refractivity contribution in [2.45, 2.75) is 79.4 Å². The van der Waals surface area contributed by atoms with Crippen molar-refractivity contribution in [3.05, 3.63) is 18.1 Å². The minimum absolute atomic E-state index is 0.0423. The normalized spacial score (nSPS) is 11.5. The Bertz CT molecular complexity index is 823. The van der Waals surface area contributed by atoms with E-state index >= 15 is 0 Å². The number of hydrogen-bond donors (Lipinski definition) is 2. The molecular formula is C23H39N7O3. The van der Waals surface area contributed by atoms with E-state index in [0.29, 0.717) is 38.3 Å². The second-order valence-electron chi connectivity index (χ2n) is 10.2. The van der Waals surface area contributed by atoms with Crippen molar-refractivity contribution in [1.29, 1.82) is 5.26 Å². The summed E-state index contributed by atoms with van der Waals surface area (Å²) in [7, 11) is 0. The van der Waals surface area contributed by atoms with Crippen LogP contribution in [0.25, 0.3) is 0 Å². The van der Waals surface area contributed by atoms with Crippen LogP contribution >= 0.6 is 0 Å². The number of nitrogens with one attached hydrogen (secondary N) is 2. The third-order valence-corrected chi connectivity index (χ3v) is 4.33. The Morgan fingerprint density at radius 2 is 1.85 bits per heavy atom. The molecule has 0 fully saturated rings. The Morgan fingerprint density at radius 3 is 2.39 bits per heavy atom. The van der Waals surface area contributed by atoms with E-state index in [1.165, 1.54) is 6.20 Å². The molecule has 0 aromatic carbocycles. The molecular weight excluding hydrogens is 422 g/mol. The Kier molecular flexibility index (Phi) is 10.4. The number of carbonyl (C=O) groups excluding carboxylic acids is 2. The molecule has 1 aromatic heterocycles. The van der Waals surface area contributed by atoms with Crippen LogP contribution < -0.4 is 15.8 Å². The molecule has 10 nitrogen and oxygen atoms in total. The molecule has 0 aliphatic rings. The standard InChI is InChI=1S/C23H39N7O3/c1-17(2)16-30(19-11-13-25-18(15-24)27-19)28-20(31)29(22(3,4)5)14-10-9-12-26-21(32)33-23(6,7)8/h11,13,17H,9-10,12,14,16H2,1-8H3,(H,26,32)(H,28,31). The minimum atomic E-state index is -0.537. The van der Waals surface area contributed by atoms with Crippen molar-refractivity contribution in [3.63, 3.8) is 0 Å². The summed E-state index contributed by atoms with van der Waals surface area (Å²) >= 11 is 0. The second-order valence-corrected chi connectivity index (χ2v) is 10.2. The molecule has 0 aliphatic heterocycles. The van der Waals surface area contributed by atoms with Crippen molar-refractivity contribution in [2.75, 3.05) is 24.6 Å². The van der Waals surface area contributed by atoms with Gasteiger partial charge in [0.1, 0.15) is 11.7 Å². The lowest BCUT2D eigenvalue weighted by Crippen LogP contribution is -2.56. The van der Waals surface area contributed by atoms with Crippen LogP contribution in [0.1, 0.15) is 74.1 Å². The highest BCUT2D eigenvalue weighted by Crippen LogP contribution is 2.17. The Hall–Kier alpha value is -3.09. The molecule has 1 heterocycles. The second kappa shape index (κ2) is 12.2. The van der Waals surface area contributed by atoms with Gasteiger partial charge in [0.2, 0.25) is 5.82 Å². The van der Waals surface area contributed by atoms with Crippen LogP contribution in [-0.2, 0) is 4.74 Å². The van der Waals surface area contributed by atoms with Crippen molar-refractivity contribution < 1.29 is 14.3 Å². The molecule has 10 heteroatoms. The number of unbranched alkanes of at least 4 members (excludes halogenated alkanes) is 1. The lowest BCUT2D eigenvalue weighted by atomic mass is 10.1. The van der Waals surface area contributed by atoms with Crippen LogP contribution in [0.5, 0.6) is 0 Å². The molecule has 2 N–H and O–H groups in total. The van der Waals surface area contributed by atoms with Crippen LogP contribution in [0.3, 0.4) is 0 Å². The summed E-state index contributed by atoms with van der Waals surface area (Å²) in [5.41, 5.74) is 1.98. The average molecular weight is 462 g/mol. The summed E-state index contributed by atoms with van der Waals surface area (Å²) in [6.45, 7) is 16.9. The summed E-state index contributed by atoms with van der Waals surface area (Å²) < 4.78 is 5.23. The van der Waals surface area contributed by atoms with Gasteiger partial charge >= 0.3 is 12.1 Å². The van der Waals surface area contributed by atoms with E-state index in [1.54, 1.807) is 16.0 Å². The molecule has 0 aliphatic carbocycles. The van der Waals surface area contributed by atoms with Crippen LogP contribution in [0.15, 0.2) is 12.3 Å². The van der Waals surface area contributed by atoms with Gasteiger partial charge in [-0.1, -0.05) is 13.8 Å². The molecule has 3 amide bonds. The number of rotatable bonds is 9. The fourth-order valence-corrected chi connectivity index (χ4v) is 2.93. The highest BCUT2D eigenvalue weighted by Gasteiger charge is 2.28. The SMILES string of the molecule is CC(C)CN(NC(=O)N(CCCCNC(=O)OC(C)(C)C)C(C)(C)C)c1ccnc(C#N)n1. The van der Waals surface area contributed by atoms with E-state index in [0.717, 1.165) is 0 Å². The monoisotopic (exact) mass is 461 g/mol. The zero-order chi connectivity index (χ0) is 25.2. The van der Waals surface area contributed by atoms with Gasteiger partial charge in [-0.15, -0.1) is 0 Å². The van der Waals surface area contributed by atoms with Crippen LogP contribution in [-0.4, -0.2) is 57.8 Å². The molecule has 0 bridgehead atoms. The van der Waals surface area contributed by atoms with Crippen molar-refractivity contribution in [2.24, 2.45) is 5.92 Å². The molecule has 0 atom stereocenters. The highest BCUT2D eigenvalue weighted by molar-refractivity contribution is 5.76. The number of alkyl carbamates (subject to hydrolysis) is 1. The summed E-state index contributed by atoms with van der Waals surface area (Å²) in [6, 6.07) is 3.32. The first-order valence-electron chi connectivity index (χ1n) is 11.3. The topological polar surface area (TPSA) is 123 Å². The number of hydrazine groups is 1. The van der Waals surface area contributed by atoms with E-state index in [4.69, 9.17) is 10.00 Å². The quantitative estimate of drug-likeness (QED) is 0.423. The highest BCUT2D eigenvalue weighted by atomic mass is 16.6. The van der Waals surface area contributed by atoms with Gasteiger partial charge in [0.15, 0.2) is 5.82 Å². The maximum Gasteiger partial charge on any atom is 0.407 e. The molecule has 0 unspecified atom stereocenters. The van der Waals surface area contributed by atoms with E-state index < -0.39 is 17.2 Å². The maximum absolute atomic E-state index is 13.2. The van der Waals surface area contributed by atoms with Crippen LogP contribution in [0.2, 0.25) is 0 Å². The largest absolute Gasteiger partial charge is 0.444 e. The van der Waals surface area contributed by atoms with Gasteiger partial charge < -0.3 is 15.0 Å². The van der Waals surface area contributed by atoms with E-state index in [1.807, 2.05) is 61.5 Å². The molecule has 33 heavy (non-hydrogen) atoms. The van der Waals surface area contributed by atoms with Gasteiger partial charge in [-0.2, -0.15) is 10.2 Å². The van der Waals surface area contributed by atoms with Gasteiger partial charge in [-0.3, -0.25) is 5.01 Å². The number of aromatic nitrogens is 2. The number of carbonyl (C=O) groups is 2. The number of nitriles is 1. The number of hydrogen-bond acceptors (Lipinski definition) is 7. The fraction of sp³-hybridized carbons (Fsp3) is 0.696. The predicted octanol–water partition coefficient (Wildman–Crippen LogP) is 3.84. The maximum atomic E-state index is 13.2. The van der Waals surface area contributed by atoms with Crippen molar-refractivity contribution in [1.82, 2.24) is 25.6 Å². The molecule has 0 saturated carbocycles. The zero-order valence-corrected chi connectivity index (χ0v) is 21.2. The summed E-state index contributed by atoms with van der Waals surface area (Å²) in [6.07, 6.45) is 2.46. The number of urea groups is 1. The van der Waals surface area contributed by atoms with E-state index in [2.05, 4.69) is 20.7 Å². The third-order valence-electron chi connectivity index (χ3n) is 4.33. The predicted molar refractivity (Wildman–Crippen MR) is 127 cm³/mol. The van der Waals surface area contributed by atoms with E-state index in [9.17, 15) is 9.59 Å². The Labute approximate surface area is 197 Å². The van der Waals surface area contributed by atoms with Gasteiger partial charge in [-0.05, 0) is 60.3 Å². The molecule has 0 saturated heterocycles. The van der Waals surface area contributed by atoms with Crippen molar-refractivity contribution >= 4 is 17.9 Å². The smallest absolute Gasteiger partial charge is 0.407 e. The molecule has 0 radical (unpaired) electrons. The van der Waals surface area contributed by atoms with Crippen molar-refractivity contribution in [3.8, 4) is 6.07 Å². The van der Waals surface area contributed by atoms with Gasteiger partial charge in [0, 0.05) is 37.4 Å². The number of anilines is 1. The zero-order valence-electron chi connectivity index (χ0n) is 21.2. The van der Waals surface area contributed by atoms with E-state index in [-0.39, 0.29) is 17.8 Å². The average Bonchev–Trinajstić information content (AvgIpc) is 2.67. The summed E-state index contributed by atoms with van der Waals surface area (Å²) in [4.78, 5) is 34.9. The minimum Gasteiger partial charge on any atom is -0.444 e. The molecule has 1 rings (SSSR count). The first kappa shape index (κ1) is 27.9. The number of ether oxygens (including phenoxy) is 1. The third kappa shape index (κ3) is 10.9. The molecule has 1 aromatic rings. The summed E-state index contributed by atoms with van der Waals surface area (Å²) in [5.74, 6) is 0.743. The fourth-order valence-electron chi connectivity index (χ4n) is 2.93. The van der Waals surface area contributed by atoms with Crippen LogP contribution in [0, 0.1) is 17.2 Å². The Morgan fingerprint density at radius 1 is 1.18 bits per heavy atom. The molecule has 0 spiro atoms. The van der Waals surface area contributed by atoms with Gasteiger partial charge in [0.25, 0.3) is 0 Å². The first-order chi connectivity index (χ1) is 15.2. The Balaban J connectivity index is 2.76. The number of nitrogens with zero attached hydrogens (tertiary/aromatic N) is 5. The van der Waals surface area contributed by atoms with Crippen LogP contribution in [0.4, 0.5) is 15.4 Å². The lowest BCUT2D eigenvalue weighted by Gasteiger charge is -2.38. The van der Waals surface area contributed by atoms with Gasteiger partial charge in [0.05, 0.1) is 0 Å². The first-order valence-corrected chi connectivity index (χ1v) is 11.3. The lowest BCUT2D eigenvalue weighted by molar-refractivity contribution is 0.0525. The molecule has 184 valence electrons. The summed E-state index contributed by atoms with van der Waals surface area (Å²) in [5, 5.41) is 13.5. The number of amides is 3. The van der Waals surface area contributed by atoms with Gasteiger partial charge in [-0.25, -0.2) is 20.0 Å².